The molecule has 0 bridgehead atoms. The van der Waals surface area contributed by atoms with Crippen LogP contribution in [-0.2, 0) is 0 Å². The normalized spacial score (nSPS) is 20.2. The van der Waals surface area contributed by atoms with Crippen LogP contribution in [0, 0.1) is 11.7 Å². The number of nitrogens with zero attached hydrogens (tertiary/aromatic N) is 1. The molecule has 1 aromatic rings. The van der Waals surface area contributed by atoms with Crippen molar-refractivity contribution in [2.24, 2.45) is 5.92 Å². The van der Waals surface area contributed by atoms with Crippen LogP contribution in [0.5, 0.6) is 0 Å². The molecule has 98 valence electrons. The van der Waals surface area contributed by atoms with Gasteiger partial charge >= 0.3 is 0 Å². The molecule has 1 aromatic carbocycles. The van der Waals surface area contributed by atoms with Crippen molar-refractivity contribution >= 4 is 5.91 Å². The number of piperidine rings is 1. The lowest BCUT2D eigenvalue weighted by Crippen LogP contribution is -2.46. The molecule has 2 rings (SSSR count). The largest absolute Gasteiger partial charge is 0.335 e. The number of amides is 1. The Labute approximate surface area is 108 Å². The summed E-state index contributed by atoms with van der Waals surface area (Å²) in [7, 11) is 0. The summed E-state index contributed by atoms with van der Waals surface area (Å²) >= 11 is 0. The van der Waals surface area contributed by atoms with Gasteiger partial charge < -0.3 is 4.90 Å². The van der Waals surface area contributed by atoms with E-state index in [9.17, 15) is 9.18 Å². The van der Waals surface area contributed by atoms with Gasteiger partial charge in [-0.1, -0.05) is 13.8 Å². The maximum Gasteiger partial charge on any atom is 0.254 e. The number of rotatable bonds is 2. The van der Waals surface area contributed by atoms with Gasteiger partial charge in [0.25, 0.3) is 5.91 Å². The Morgan fingerprint density at radius 1 is 1.28 bits per heavy atom. The molecule has 1 saturated heterocycles. The van der Waals surface area contributed by atoms with E-state index in [-0.39, 0.29) is 11.7 Å². The van der Waals surface area contributed by atoms with Gasteiger partial charge in [-0.15, -0.1) is 0 Å². The summed E-state index contributed by atoms with van der Waals surface area (Å²) in [6, 6.07) is 6.16. The standard InChI is InChI=1S/C15H20FNO/c1-11(2)14-5-3-4-10-17(14)15(18)12-6-8-13(16)9-7-12/h6-9,11,14H,3-5,10H2,1-2H3. The molecule has 1 amide bonds. The van der Waals surface area contributed by atoms with Gasteiger partial charge in [0, 0.05) is 18.2 Å². The van der Waals surface area contributed by atoms with Crippen LogP contribution < -0.4 is 0 Å². The predicted octanol–water partition coefficient (Wildman–Crippen LogP) is 3.48. The highest BCUT2D eigenvalue weighted by Crippen LogP contribution is 2.24. The van der Waals surface area contributed by atoms with E-state index in [0.717, 1.165) is 19.4 Å². The molecule has 0 spiro atoms. The fraction of sp³-hybridized carbons (Fsp3) is 0.533. The van der Waals surface area contributed by atoms with Gasteiger partial charge in [0.05, 0.1) is 0 Å². The quantitative estimate of drug-likeness (QED) is 0.785. The van der Waals surface area contributed by atoms with Crippen LogP contribution in [0.3, 0.4) is 0 Å². The molecule has 0 radical (unpaired) electrons. The van der Waals surface area contributed by atoms with Crippen molar-refractivity contribution in [2.45, 2.75) is 39.2 Å². The van der Waals surface area contributed by atoms with Crippen LogP contribution in [0.1, 0.15) is 43.5 Å². The summed E-state index contributed by atoms with van der Waals surface area (Å²) in [4.78, 5) is 14.4. The highest BCUT2D eigenvalue weighted by Gasteiger charge is 2.29. The average molecular weight is 249 g/mol. The first kappa shape index (κ1) is 13.1. The van der Waals surface area contributed by atoms with Crippen molar-refractivity contribution in [1.29, 1.82) is 0 Å². The molecule has 1 aliphatic rings. The Bertz CT molecular complexity index is 413. The van der Waals surface area contributed by atoms with Gasteiger partial charge in [-0.3, -0.25) is 4.79 Å². The topological polar surface area (TPSA) is 20.3 Å². The Morgan fingerprint density at radius 3 is 2.56 bits per heavy atom. The van der Waals surface area contributed by atoms with Crippen molar-refractivity contribution in [2.75, 3.05) is 6.54 Å². The predicted molar refractivity (Wildman–Crippen MR) is 69.9 cm³/mol. The molecule has 1 fully saturated rings. The van der Waals surface area contributed by atoms with E-state index in [0.29, 0.717) is 17.5 Å². The maximum atomic E-state index is 12.9. The van der Waals surface area contributed by atoms with E-state index in [2.05, 4.69) is 13.8 Å². The number of hydrogen-bond donors (Lipinski definition) is 0. The third kappa shape index (κ3) is 2.71. The number of benzene rings is 1. The lowest BCUT2D eigenvalue weighted by Gasteiger charge is -2.38. The van der Waals surface area contributed by atoms with E-state index in [1.807, 2.05) is 4.90 Å². The summed E-state index contributed by atoms with van der Waals surface area (Å²) in [6.07, 6.45) is 3.33. The van der Waals surface area contributed by atoms with Gasteiger partial charge in [0.15, 0.2) is 0 Å². The van der Waals surface area contributed by atoms with Gasteiger partial charge in [0.2, 0.25) is 0 Å². The first-order chi connectivity index (χ1) is 8.59. The second-order valence-corrected chi connectivity index (χ2v) is 5.31. The minimum absolute atomic E-state index is 0.0356. The number of carbonyl (C=O) groups excluding carboxylic acids is 1. The van der Waals surface area contributed by atoms with Crippen molar-refractivity contribution in [3.63, 3.8) is 0 Å². The maximum absolute atomic E-state index is 12.9. The number of halogens is 1. The van der Waals surface area contributed by atoms with Crippen LogP contribution in [0.2, 0.25) is 0 Å². The van der Waals surface area contributed by atoms with E-state index < -0.39 is 0 Å². The van der Waals surface area contributed by atoms with Gasteiger partial charge in [-0.2, -0.15) is 0 Å². The summed E-state index contributed by atoms with van der Waals surface area (Å²) in [5, 5.41) is 0. The zero-order valence-electron chi connectivity index (χ0n) is 11.0. The fourth-order valence-corrected chi connectivity index (χ4v) is 2.66. The van der Waals surface area contributed by atoms with Crippen molar-refractivity contribution in [3.8, 4) is 0 Å². The second kappa shape index (κ2) is 5.51. The minimum atomic E-state index is -0.300. The number of hydrogen-bond acceptors (Lipinski definition) is 1. The molecule has 1 aliphatic heterocycles. The van der Waals surface area contributed by atoms with Gasteiger partial charge in [0.1, 0.15) is 5.82 Å². The molecule has 1 heterocycles. The van der Waals surface area contributed by atoms with Crippen molar-refractivity contribution < 1.29 is 9.18 Å². The minimum Gasteiger partial charge on any atom is -0.335 e. The van der Waals surface area contributed by atoms with E-state index in [1.165, 1.54) is 18.6 Å². The zero-order chi connectivity index (χ0) is 13.1. The van der Waals surface area contributed by atoms with E-state index in [4.69, 9.17) is 0 Å². The molecule has 0 aromatic heterocycles. The molecular formula is C15H20FNO. The second-order valence-electron chi connectivity index (χ2n) is 5.31. The average Bonchev–Trinajstić information content (AvgIpc) is 2.39. The van der Waals surface area contributed by atoms with Crippen molar-refractivity contribution in [1.82, 2.24) is 4.90 Å². The Balaban J connectivity index is 2.18. The smallest absolute Gasteiger partial charge is 0.254 e. The molecule has 2 nitrogen and oxygen atoms in total. The molecule has 3 heteroatoms. The number of likely N-dealkylation sites (tertiary alicyclic amines) is 1. The monoisotopic (exact) mass is 249 g/mol. The van der Waals surface area contributed by atoms with Crippen LogP contribution >= 0.6 is 0 Å². The first-order valence-electron chi connectivity index (χ1n) is 6.66. The van der Waals surface area contributed by atoms with Crippen LogP contribution in [-0.4, -0.2) is 23.4 Å². The number of carbonyl (C=O) groups is 1. The van der Waals surface area contributed by atoms with Crippen LogP contribution in [0.15, 0.2) is 24.3 Å². The first-order valence-corrected chi connectivity index (χ1v) is 6.66. The van der Waals surface area contributed by atoms with Crippen LogP contribution in [0.4, 0.5) is 4.39 Å². The highest BCUT2D eigenvalue weighted by molar-refractivity contribution is 5.94. The molecule has 1 unspecified atom stereocenters. The summed E-state index contributed by atoms with van der Waals surface area (Å²) in [5.41, 5.74) is 0.587. The molecule has 1 atom stereocenters. The van der Waals surface area contributed by atoms with Gasteiger partial charge in [-0.25, -0.2) is 4.39 Å². The third-order valence-electron chi connectivity index (χ3n) is 3.67. The summed E-state index contributed by atoms with van der Waals surface area (Å²) in [6.45, 7) is 5.13. The van der Waals surface area contributed by atoms with Crippen LogP contribution in [0.25, 0.3) is 0 Å². The molecule has 0 saturated carbocycles. The molecule has 0 aliphatic carbocycles. The Kier molecular flexibility index (Phi) is 4.00. The highest BCUT2D eigenvalue weighted by atomic mass is 19.1. The SMILES string of the molecule is CC(C)C1CCCCN1C(=O)c1ccc(F)cc1. The lowest BCUT2D eigenvalue weighted by atomic mass is 9.92. The summed E-state index contributed by atoms with van der Waals surface area (Å²) < 4.78 is 12.9. The Morgan fingerprint density at radius 2 is 1.94 bits per heavy atom. The zero-order valence-corrected chi connectivity index (χ0v) is 11.0. The van der Waals surface area contributed by atoms with E-state index >= 15 is 0 Å². The van der Waals surface area contributed by atoms with Crippen molar-refractivity contribution in [3.05, 3.63) is 35.6 Å². The molecule has 0 N–H and O–H groups in total. The Hall–Kier alpha value is -1.38. The molecular weight excluding hydrogens is 229 g/mol. The summed E-state index contributed by atoms with van der Waals surface area (Å²) in [5.74, 6) is 0.203. The lowest BCUT2D eigenvalue weighted by molar-refractivity contribution is 0.0543. The molecule has 18 heavy (non-hydrogen) atoms. The van der Waals surface area contributed by atoms with E-state index in [1.54, 1.807) is 12.1 Å². The van der Waals surface area contributed by atoms with Gasteiger partial charge in [-0.05, 0) is 49.4 Å². The third-order valence-corrected chi connectivity index (χ3v) is 3.67. The fourth-order valence-electron chi connectivity index (χ4n) is 2.66.